The van der Waals surface area contributed by atoms with Gasteiger partial charge < -0.3 is 9.64 Å². The Morgan fingerprint density at radius 2 is 1.44 bits per heavy atom. The second-order valence-electron chi connectivity index (χ2n) is 11.4. The lowest BCUT2D eigenvalue weighted by Crippen LogP contribution is -2.43. The van der Waals surface area contributed by atoms with Crippen LogP contribution in [0.4, 0.5) is 0 Å². The minimum absolute atomic E-state index is 0.0370. The van der Waals surface area contributed by atoms with E-state index in [0.29, 0.717) is 23.6 Å². The van der Waals surface area contributed by atoms with Crippen molar-refractivity contribution in [2.24, 2.45) is 10.8 Å². The summed E-state index contributed by atoms with van der Waals surface area (Å²) >= 11 is 6.45. The summed E-state index contributed by atoms with van der Waals surface area (Å²) in [4.78, 5) is 29.4. The van der Waals surface area contributed by atoms with Crippen LogP contribution in [0.2, 0.25) is 5.02 Å². The zero-order valence-corrected chi connectivity index (χ0v) is 21.0. The molecule has 0 amide bonds. The highest BCUT2D eigenvalue weighted by Crippen LogP contribution is 2.55. The Bertz CT molecular complexity index is 1010. The number of halogens is 1. The van der Waals surface area contributed by atoms with E-state index in [0.717, 1.165) is 40.9 Å². The minimum atomic E-state index is -0.434. The van der Waals surface area contributed by atoms with Gasteiger partial charge in [0, 0.05) is 58.9 Å². The summed E-state index contributed by atoms with van der Waals surface area (Å²) in [5.74, 6) is 0.490. The molecule has 4 nitrogen and oxygen atoms in total. The van der Waals surface area contributed by atoms with Gasteiger partial charge in [-0.05, 0) is 55.7 Å². The van der Waals surface area contributed by atoms with E-state index < -0.39 is 5.92 Å². The molecule has 0 spiro atoms. The maximum Gasteiger partial charge on any atom is 0.162 e. The highest BCUT2D eigenvalue weighted by molar-refractivity contribution is 6.30. The third kappa shape index (κ3) is 4.03. The van der Waals surface area contributed by atoms with Gasteiger partial charge in [0.15, 0.2) is 11.6 Å². The van der Waals surface area contributed by atoms with E-state index in [1.54, 1.807) is 6.07 Å². The summed E-state index contributed by atoms with van der Waals surface area (Å²) in [6.07, 6.45) is 2.50. The first-order valence-electron chi connectivity index (χ1n) is 11.5. The van der Waals surface area contributed by atoms with Crippen LogP contribution in [0.1, 0.15) is 78.7 Å². The fourth-order valence-corrected chi connectivity index (χ4v) is 5.76. The number of carbonyl (C=O) groups excluding carboxylic acids is 2. The number of allylic oxidation sites excluding steroid dienone is 4. The van der Waals surface area contributed by atoms with Crippen molar-refractivity contribution < 1.29 is 14.3 Å². The van der Waals surface area contributed by atoms with E-state index in [1.807, 2.05) is 33.0 Å². The normalized spacial score (nSPS) is 23.0. The fraction of sp³-hybridized carbons (Fsp3) is 0.556. The maximum absolute atomic E-state index is 13.6. The van der Waals surface area contributed by atoms with Crippen LogP contribution in [0, 0.1) is 10.8 Å². The van der Waals surface area contributed by atoms with E-state index in [-0.39, 0.29) is 28.5 Å². The van der Waals surface area contributed by atoms with Crippen molar-refractivity contribution in [2.75, 3.05) is 7.05 Å². The van der Waals surface area contributed by atoms with E-state index in [1.165, 1.54) is 0 Å². The summed E-state index contributed by atoms with van der Waals surface area (Å²) in [5, 5.41) is 0.575. The molecule has 1 aromatic rings. The smallest absolute Gasteiger partial charge is 0.162 e. The van der Waals surface area contributed by atoms with Crippen LogP contribution in [0.5, 0.6) is 5.75 Å². The average Bonchev–Trinajstić information content (AvgIpc) is 2.63. The number of carbonyl (C=O) groups is 2. The van der Waals surface area contributed by atoms with Gasteiger partial charge in [-0.1, -0.05) is 39.3 Å². The number of hydrogen-bond acceptors (Lipinski definition) is 4. The molecule has 32 heavy (non-hydrogen) atoms. The number of benzene rings is 1. The van der Waals surface area contributed by atoms with Crippen LogP contribution in [0.25, 0.3) is 0 Å². The Morgan fingerprint density at radius 3 is 1.91 bits per heavy atom. The van der Waals surface area contributed by atoms with Crippen LogP contribution in [-0.4, -0.2) is 29.6 Å². The molecule has 0 atom stereocenters. The number of nitrogens with zero attached hydrogens (tertiary/aromatic N) is 1. The maximum atomic E-state index is 13.6. The predicted molar refractivity (Wildman–Crippen MR) is 128 cm³/mol. The second kappa shape index (κ2) is 7.76. The van der Waals surface area contributed by atoms with Gasteiger partial charge in [0.25, 0.3) is 0 Å². The number of ether oxygens (including phenoxy) is 1. The van der Waals surface area contributed by atoms with Crippen molar-refractivity contribution in [3.8, 4) is 5.75 Å². The first kappa shape index (κ1) is 23.1. The van der Waals surface area contributed by atoms with Gasteiger partial charge in [0.2, 0.25) is 0 Å². The van der Waals surface area contributed by atoms with Crippen molar-refractivity contribution in [3.63, 3.8) is 0 Å². The van der Waals surface area contributed by atoms with Gasteiger partial charge >= 0.3 is 0 Å². The van der Waals surface area contributed by atoms with Crippen LogP contribution in [0.15, 0.2) is 40.7 Å². The topological polar surface area (TPSA) is 46.6 Å². The molecule has 3 aliphatic rings. The van der Waals surface area contributed by atoms with E-state index in [2.05, 4.69) is 32.6 Å². The van der Waals surface area contributed by atoms with E-state index >= 15 is 0 Å². The molecular weight excluding hydrogens is 422 g/mol. The summed E-state index contributed by atoms with van der Waals surface area (Å²) in [7, 11) is 2.02. The molecule has 4 rings (SSSR count). The second-order valence-corrected chi connectivity index (χ2v) is 11.9. The third-order valence-corrected chi connectivity index (χ3v) is 7.06. The molecule has 5 heteroatoms. The van der Waals surface area contributed by atoms with Gasteiger partial charge in [0.05, 0.1) is 6.10 Å². The Hall–Kier alpha value is -2.07. The van der Waals surface area contributed by atoms with Crippen molar-refractivity contribution in [2.45, 2.75) is 79.2 Å². The number of ketones is 2. The lowest BCUT2D eigenvalue weighted by atomic mass is 9.63. The quantitative estimate of drug-likeness (QED) is 0.525. The molecule has 0 unspecified atom stereocenters. The average molecular weight is 456 g/mol. The first-order valence-corrected chi connectivity index (χ1v) is 11.9. The van der Waals surface area contributed by atoms with Crippen molar-refractivity contribution in [1.29, 1.82) is 0 Å². The van der Waals surface area contributed by atoms with Gasteiger partial charge in [-0.3, -0.25) is 9.59 Å². The molecule has 0 saturated carbocycles. The van der Waals surface area contributed by atoms with E-state index in [4.69, 9.17) is 16.3 Å². The third-order valence-electron chi connectivity index (χ3n) is 6.83. The molecular formula is C27H34ClNO3. The molecule has 0 fully saturated rings. The summed E-state index contributed by atoms with van der Waals surface area (Å²) in [6.45, 7) is 12.5. The summed E-state index contributed by atoms with van der Waals surface area (Å²) < 4.78 is 6.15. The summed E-state index contributed by atoms with van der Waals surface area (Å²) in [5.41, 5.74) is 4.15. The molecule has 2 aliphatic carbocycles. The SMILES string of the molecule is CC(C)Oc1ccc(Cl)cc1C1C2=C(CC(C)(C)CC2=O)N(C)C2=C1C(=O)CC(C)(C)C2. The van der Waals surface area contributed by atoms with Crippen LogP contribution < -0.4 is 4.74 Å². The first-order chi connectivity index (χ1) is 14.8. The van der Waals surface area contributed by atoms with Gasteiger partial charge in [-0.2, -0.15) is 0 Å². The summed E-state index contributed by atoms with van der Waals surface area (Å²) in [6, 6.07) is 5.55. The van der Waals surface area contributed by atoms with Crippen LogP contribution in [-0.2, 0) is 9.59 Å². The molecule has 1 aromatic carbocycles. The lowest BCUT2D eigenvalue weighted by Gasteiger charge is -2.48. The van der Waals surface area contributed by atoms with Crippen molar-refractivity contribution in [1.82, 2.24) is 4.90 Å². The highest BCUT2D eigenvalue weighted by atomic mass is 35.5. The predicted octanol–water partition coefficient (Wildman–Crippen LogP) is 6.44. The standard InChI is InChI=1S/C27H34ClNO3/c1-15(2)32-22-9-8-16(28)10-17(22)23-24-18(11-26(3,4)13-20(24)30)29(7)19-12-27(5,6)14-21(31)25(19)23/h8-10,15,23H,11-14H2,1-7H3. The molecule has 0 aromatic heterocycles. The van der Waals surface area contributed by atoms with E-state index in [9.17, 15) is 9.59 Å². The molecule has 172 valence electrons. The lowest BCUT2D eigenvalue weighted by molar-refractivity contribution is -0.119. The van der Waals surface area contributed by atoms with Crippen molar-refractivity contribution in [3.05, 3.63) is 51.3 Å². The van der Waals surface area contributed by atoms with Gasteiger partial charge in [-0.25, -0.2) is 0 Å². The van der Waals surface area contributed by atoms with Crippen LogP contribution in [0.3, 0.4) is 0 Å². The Balaban J connectivity index is 2.01. The minimum Gasteiger partial charge on any atom is -0.491 e. The largest absolute Gasteiger partial charge is 0.491 e. The molecule has 0 radical (unpaired) electrons. The monoisotopic (exact) mass is 455 g/mol. The molecule has 1 aliphatic heterocycles. The Labute approximate surface area is 196 Å². The number of hydrogen-bond donors (Lipinski definition) is 0. The van der Waals surface area contributed by atoms with Crippen LogP contribution >= 0.6 is 11.6 Å². The zero-order chi connectivity index (χ0) is 23.6. The highest BCUT2D eigenvalue weighted by Gasteiger charge is 2.48. The van der Waals surface area contributed by atoms with Crippen molar-refractivity contribution >= 4 is 23.2 Å². The zero-order valence-electron chi connectivity index (χ0n) is 20.3. The molecule has 1 heterocycles. The molecule has 0 bridgehead atoms. The van der Waals surface area contributed by atoms with Gasteiger partial charge in [0.1, 0.15) is 5.75 Å². The Morgan fingerprint density at radius 1 is 0.938 bits per heavy atom. The number of Topliss-reactive ketones (excluding diaryl/α,β-unsaturated/α-hetero) is 2. The Kier molecular flexibility index (Phi) is 5.60. The molecule has 0 N–H and O–H groups in total. The molecule has 0 saturated heterocycles. The fourth-order valence-electron chi connectivity index (χ4n) is 5.58. The number of rotatable bonds is 3. The van der Waals surface area contributed by atoms with Gasteiger partial charge in [-0.15, -0.1) is 0 Å².